The SMILES string of the molecule is Cc1cc(N2CCC2)n2nc(C)cc2n1. The number of nitrogens with zero attached hydrogens (tertiary/aromatic N) is 4. The van der Waals surface area contributed by atoms with Crippen LogP contribution in [-0.2, 0) is 0 Å². The monoisotopic (exact) mass is 202 g/mol. The molecule has 2 aromatic heterocycles. The van der Waals surface area contributed by atoms with E-state index >= 15 is 0 Å². The maximum atomic E-state index is 4.47. The zero-order valence-electron chi connectivity index (χ0n) is 9.06. The fraction of sp³-hybridized carbons (Fsp3) is 0.455. The van der Waals surface area contributed by atoms with E-state index in [-0.39, 0.29) is 0 Å². The summed E-state index contributed by atoms with van der Waals surface area (Å²) in [4.78, 5) is 6.81. The molecule has 0 aliphatic carbocycles. The van der Waals surface area contributed by atoms with Gasteiger partial charge in [-0.2, -0.15) is 9.61 Å². The van der Waals surface area contributed by atoms with Gasteiger partial charge in [-0.1, -0.05) is 0 Å². The summed E-state index contributed by atoms with van der Waals surface area (Å²) in [6, 6.07) is 4.13. The molecule has 0 bridgehead atoms. The van der Waals surface area contributed by atoms with E-state index in [1.807, 2.05) is 24.4 Å². The van der Waals surface area contributed by atoms with Crippen LogP contribution in [0.3, 0.4) is 0 Å². The molecule has 0 N–H and O–H groups in total. The maximum Gasteiger partial charge on any atom is 0.157 e. The van der Waals surface area contributed by atoms with Gasteiger partial charge in [0.2, 0.25) is 0 Å². The van der Waals surface area contributed by atoms with E-state index in [0.717, 1.165) is 30.1 Å². The minimum absolute atomic E-state index is 0.953. The quantitative estimate of drug-likeness (QED) is 0.703. The lowest BCUT2D eigenvalue weighted by Gasteiger charge is -2.33. The smallest absolute Gasteiger partial charge is 0.157 e. The molecule has 3 rings (SSSR count). The highest BCUT2D eigenvalue weighted by Crippen LogP contribution is 2.22. The van der Waals surface area contributed by atoms with Gasteiger partial charge in [0.15, 0.2) is 5.65 Å². The highest BCUT2D eigenvalue weighted by molar-refractivity contribution is 5.52. The average molecular weight is 202 g/mol. The number of hydrogen-bond donors (Lipinski definition) is 0. The summed E-state index contributed by atoms with van der Waals surface area (Å²) in [5, 5.41) is 4.47. The van der Waals surface area contributed by atoms with Crippen LogP contribution in [0, 0.1) is 13.8 Å². The number of aromatic nitrogens is 3. The van der Waals surface area contributed by atoms with Crippen molar-refractivity contribution in [3.05, 3.63) is 23.5 Å². The standard InChI is InChI=1S/C11H14N4/c1-8-7-11(14-4-3-5-14)15-10(12-8)6-9(2)13-15/h6-7H,3-5H2,1-2H3. The first-order valence-electron chi connectivity index (χ1n) is 5.33. The molecule has 0 unspecified atom stereocenters. The van der Waals surface area contributed by atoms with Crippen molar-refractivity contribution in [3.8, 4) is 0 Å². The van der Waals surface area contributed by atoms with E-state index in [1.54, 1.807) is 0 Å². The predicted molar refractivity (Wildman–Crippen MR) is 59.3 cm³/mol. The van der Waals surface area contributed by atoms with Gasteiger partial charge in [0.1, 0.15) is 5.82 Å². The van der Waals surface area contributed by atoms with Crippen molar-refractivity contribution >= 4 is 11.5 Å². The minimum Gasteiger partial charge on any atom is -0.356 e. The molecule has 4 heteroatoms. The first kappa shape index (κ1) is 8.71. The first-order valence-corrected chi connectivity index (χ1v) is 5.33. The van der Waals surface area contributed by atoms with E-state index < -0.39 is 0 Å². The lowest BCUT2D eigenvalue weighted by Crippen LogP contribution is -2.38. The van der Waals surface area contributed by atoms with Gasteiger partial charge in [0.05, 0.1) is 5.69 Å². The van der Waals surface area contributed by atoms with Crippen LogP contribution < -0.4 is 4.90 Å². The van der Waals surface area contributed by atoms with Crippen LogP contribution in [0.5, 0.6) is 0 Å². The second-order valence-electron chi connectivity index (χ2n) is 4.15. The van der Waals surface area contributed by atoms with Crippen molar-refractivity contribution in [2.24, 2.45) is 0 Å². The Morgan fingerprint density at radius 2 is 1.93 bits per heavy atom. The van der Waals surface area contributed by atoms with E-state index in [1.165, 1.54) is 12.2 Å². The number of anilines is 1. The third-order valence-corrected chi connectivity index (χ3v) is 2.84. The van der Waals surface area contributed by atoms with Crippen LogP contribution >= 0.6 is 0 Å². The van der Waals surface area contributed by atoms with E-state index in [0.29, 0.717) is 0 Å². The zero-order valence-corrected chi connectivity index (χ0v) is 9.06. The van der Waals surface area contributed by atoms with Crippen LogP contribution in [0.25, 0.3) is 5.65 Å². The summed E-state index contributed by atoms with van der Waals surface area (Å²) in [7, 11) is 0. The normalized spacial score (nSPS) is 15.7. The summed E-state index contributed by atoms with van der Waals surface area (Å²) in [5.74, 6) is 1.18. The fourth-order valence-electron chi connectivity index (χ4n) is 1.97. The molecule has 1 fully saturated rings. The summed E-state index contributed by atoms with van der Waals surface area (Å²) in [5.41, 5.74) is 3.04. The predicted octanol–water partition coefficient (Wildman–Crippen LogP) is 1.56. The Morgan fingerprint density at radius 3 is 2.60 bits per heavy atom. The molecule has 1 aliphatic heterocycles. The lowest BCUT2D eigenvalue weighted by molar-refractivity contribution is 0.599. The molecule has 0 atom stereocenters. The van der Waals surface area contributed by atoms with Crippen molar-refractivity contribution in [1.82, 2.24) is 14.6 Å². The molecule has 0 amide bonds. The second kappa shape index (κ2) is 2.95. The van der Waals surface area contributed by atoms with Crippen molar-refractivity contribution in [2.75, 3.05) is 18.0 Å². The number of rotatable bonds is 1. The van der Waals surface area contributed by atoms with Crippen LogP contribution in [0.2, 0.25) is 0 Å². The Hall–Kier alpha value is -1.58. The molecule has 0 saturated carbocycles. The summed E-state index contributed by atoms with van der Waals surface area (Å²) in [6.07, 6.45) is 1.28. The molecular weight excluding hydrogens is 188 g/mol. The number of aryl methyl sites for hydroxylation is 2. The zero-order chi connectivity index (χ0) is 10.4. The van der Waals surface area contributed by atoms with Gasteiger partial charge in [-0.15, -0.1) is 0 Å². The third-order valence-electron chi connectivity index (χ3n) is 2.84. The highest BCUT2D eigenvalue weighted by Gasteiger charge is 2.18. The average Bonchev–Trinajstić information content (AvgIpc) is 2.41. The van der Waals surface area contributed by atoms with Gasteiger partial charge in [-0.3, -0.25) is 0 Å². The molecule has 78 valence electrons. The van der Waals surface area contributed by atoms with Gasteiger partial charge in [0.25, 0.3) is 0 Å². The van der Waals surface area contributed by atoms with E-state index in [9.17, 15) is 0 Å². The number of fused-ring (bicyclic) bond motifs is 1. The minimum atomic E-state index is 0.953. The molecule has 0 aromatic carbocycles. The molecular formula is C11H14N4. The Labute approximate surface area is 88.5 Å². The molecule has 1 aliphatic rings. The van der Waals surface area contributed by atoms with Crippen molar-refractivity contribution in [3.63, 3.8) is 0 Å². The van der Waals surface area contributed by atoms with Crippen molar-refractivity contribution < 1.29 is 0 Å². The molecule has 4 nitrogen and oxygen atoms in total. The van der Waals surface area contributed by atoms with E-state index in [4.69, 9.17) is 0 Å². The molecule has 0 radical (unpaired) electrons. The molecule has 2 aromatic rings. The largest absolute Gasteiger partial charge is 0.356 e. The van der Waals surface area contributed by atoms with Gasteiger partial charge >= 0.3 is 0 Å². The molecule has 15 heavy (non-hydrogen) atoms. The topological polar surface area (TPSA) is 33.4 Å². The fourth-order valence-corrected chi connectivity index (χ4v) is 1.97. The van der Waals surface area contributed by atoms with Gasteiger partial charge < -0.3 is 4.90 Å². The van der Waals surface area contributed by atoms with Crippen LogP contribution in [0.1, 0.15) is 17.8 Å². The summed E-state index contributed by atoms with van der Waals surface area (Å²) in [6.45, 7) is 6.31. The Balaban J connectivity index is 2.24. The Bertz CT molecular complexity index is 511. The van der Waals surface area contributed by atoms with E-state index in [2.05, 4.69) is 21.0 Å². The Kier molecular flexibility index (Phi) is 1.71. The Morgan fingerprint density at radius 1 is 1.13 bits per heavy atom. The maximum absolute atomic E-state index is 4.47. The van der Waals surface area contributed by atoms with Gasteiger partial charge in [0, 0.05) is 30.9 Å². The van der Waals surface area contributed by atoms with Gasteiger partial charge in [-0.05, 0) is 20.3 Å². The molecule has 3 heterocycles. The lowest BCUT2D eigenvalue weighted by atomic mass is 10.2. The first-order chi connectivity index (χ1) is 7.24. The highest BCUT2D eigenvalue weighted by atomic mass is 15.4. The number of hydrogen-bond acceptors (Lipinski definition) is 3. The summed E-state index contributed by atoms with van der Waals surface area (Å²) < 4.78 is 1.95. The van der Waals surface area contributed by atoms with Crippen LogP contribution in [0.15, 0.2) is 12.1 Å². The third kappa shape index (κ3) is 1.28. The van der Waals surface area contributed by atoms with Gasteiger partial charge in [-0.25, -0.2) is 4.98 Å². The molecule has 1 saturated heterocycles. The van der Waals surface area contributed by atoms with Crippen molar-refractivity contribution in [2.45, 2.75) is 20.3 Å². The van der Waals surface area contributed by atoms with Crippen LogP contribution in [-0.4, -0.2) is 27.7 Å². The van der Waals surface area contributed by atoms with Crippen LogP contribution in [0.4, 0.5) is 5.82 Å². The second-order valence-corrected chi connectivity index (χ2v) is 4.15. The summed E-state index contributed by atoms with van der Waals surface area (Å²) >= 11 is 0. The van der Waals surface area contributed by atoms with Crippen molar-refractivity contribution in [1.29, 1.82) is 0 Å². The molecule has 0 spiro atoms.